The molecule has 0 saturated heterocycles. The monoisotopic (exact) mass is 295 g/mol. The summed E-state index contributed by atoms with van der Waals surface area (Å²) in [5.41, 5.74) is 6.67. The van der Waals surface area contributed by atoms with Gasteiger partial charge in [-0.15, -0.1) is 0 Å². The molecule has 0 aromatic carbocycles. The van der Waals surface area contributed by atoms with E-state index in [1.165, 1.54) is 36.5 Å². The molecule has 0 bridgehead atoms. The number of alkyl halides is 1. The van der Waals surface area contributed by atoms with Crippen LogP contribution >= 0.6 is 22.6 Å². The van der Waals surface area contributed by atoms with E-state index < -0.39 is 0 Å². The highest BCUT2D eigenvalue weighted by Gasteiger charge is 2.39. The lowest BCUT2D eigenvalue weighted by Gasteiger charge is -2.44. The van der Waals surface area contributed by atoms with Crippen LogP contribution in [0.25, 0.3) is 0 Å². The van der Waals surface area contributed by atoms with Crippen LogP contribution in [-0.2, 0) is 0 Å². The maximum Gasteiger partial charge on any atom is 0.0192 e. The lowest BCUT2D eigenvalue weighted by molar-refractivity contribution is 0.140. The Balaban J connectivity index is 2.67. The standard InChI is InChI=1S/C11H22IN/c1-3-6-11(13)7-4-5-9(2)10(11)8-12/h9-10H,3-8,13H2,1-2H3. The largest absolute Gasteiger partial charge is 0.325 e. The predicted octanol–water partition coefficient (Wildman–Crippen LogP) is 3.36. The quantitative estimate of drug-likeness (QED) is 0.627. The summed E-state index contributed by atoms with van der Waals surface area (Å²) in [7, 11) is 0. The SMILES string of the molecule is CCCC1(N)CCCC(C)C1CI. The molecule has 0 spiro atoms. The number of hydrogen-bond donors (Lipinski definition) is 1. The first-order valence-corrected chi connectivity index (χ1v) is 7.01. The Hall–Kier alpha value is 0.690. The molecule has 0 heterocycles. The Labute approximate surface area is 96.0 Å². The van der Waals surface area contributed by atoms with Gasteiger partial charge < -0.3 is 5.73 Å². The molecule has 0 aromatic rings. The zero-order valence-corrected chi connectivity index (χ0v) is 11.0. The van der Waals surface area contributed by atoms with Gasteiger partial charge in [-0.05, 0) is 24.7 Å². The summed E-state index contributed by atoms with van der Waals surface area (Å²) in [6, 6.07) is 0. The molecule has 3 atom stereocenters. The first-order valence-electron chi connectivity index (χ1n) is 5.49. The van der Waals surface area contributed by atoms with Crippen LogP contribution in [0, 0.1) is 11.8 Å². The second kappa shape index (κ2) is 4.96. The van der Waals surface area contributed by atoms with Crippen molar-refractivity contribution in [2.75, 3.05) is 4.43 Å². The third-order valence-corrected chi connectivity index (χ3v) is 4.56. The molecule has 2 heteroatoms. The number of nitrogens with two attached hydrogens (primary N) is 1. The Bertz CT molecular complexity index is 156. The van der Waals surface area contributed by atoms with Crippen LogP contribution in [0.2, 0.25) is 0 Å². The normalized spacial score (nSPS) is 40.6. The van der Waals surface area contributed by atoms with Crippen molar-refractivity contribution in [1.82, 2.24) is 0 Å². The van der Waals surface area contributed by atoms with Crippen molar-refractivity contribution in [2.24, 2.45) is 17.6 Å². The number of hydrogen-bond acceptors (Lipinski definition) is 1. The average Bonchev–Trinajstić information content (AvgIpc) is 2.04. The van der Waals surface area contributed by atoms with Gasteiger partial charge in [-0.3, -0.25) is 0 Å². The van der Waals surface area contributed by atoms with Crippen LogP contribution in [0.1, 0.15) is 46.0 Å². The Kier molecular flexibility index (Phi) is 4.49. The molecule has 3 unspecified atom stereocenters. The second-order valence-corrected chi connectivity index (χ2v) is 5.49. The lowest BCUT2D eigenvalue weighted by Crippen LogP contribution is -2.52. The summed E-state index contributed by atoms with van der Waals surface area (Å²) in [5, 5.41) is 0. The van der Waals surface area contributed by atoms with Crippen LogP contribution in [-0.4, -0.2) is 9.97 Å². The van der Waals surface area contributed by atoms with Gasteiger partial charge in [0.2, 0.25) is 0 Å². The molecule has 78 valence electrons. The maximum absolute atomic E-state index is 6.51. The van der Waals surface area contributed by atoms with E-state index in [2.05, 4.69) is 36.4 Å². The number of rotatable bonds is 3. The van der Waals surface area contributed by atoms with Gasteiger partial charge in [0.25, 0.3) is 0 Å². The molecule has 1 aliphatic rings. The zero-order chi connectivity index (χ0) is 9.90. The molecule has 1 saturated carbocycles. The Morgan fingerprint density at radius 2 is 2.23 bits per heavy atom. The smallest absolute Gasteiger partial charge is 0.0192 e. The summed E-state index contributed by atoms with van der Waals surface area (Å²) in [5.74, 6) is 1.59. The van der Waals surface area contributed by atoms with Crippen molar-refractivity contribution in [3.05, 3.63) is 0 Å². The van der Waals surface area contributed by atoms with Crippen molar-refractivity contribution >= 4 is 22.6 Å². The minimum Gasteiger partial charge on any atom is -0.325 e. The fourth-order valence-corrected chi connectivity index (χ4v) is 4.53. The lowest BCUT2D eigenvalue weighted by atomic mass is 9.67. The maximum atomic E-state index is 6.51. The van der Waals surface area contributed by atoms with E-state index in [1.54, 1.807) is 0 Å². The molecular formula is C11H22IN. The fourth-order valence-electron chi connectivity index (χ4n) is 2.79. The highest BCUT2D eigenvalue weighted by molar-refractivity contribution is 14.1. The third kappa shape index (κ3) is 2.58. The second-order valence-electron chi connectivity index (χ2n) is 4.61. The first kappa shape index (κ1) is 11.8. The molecule has 1 aliphatic carbocycles. The van der Waals surface area contributed by atoms with Crippen LogP contribution in [0.4, 0.5) is 0 Å². The highest BCUT2D eigenvalue weighted by atomic mass is 127. The first-order chi connectivity index (χ1) is 6.14. The van der Waals surface area contributed by atoms with Crippen LogP contribution < -0.4 is 5.73 Å². The van der Waals surface area contributed by atoms with Gasteiger partial charge in [-0.2, -0.15) is 0 Å². The summed E-state index contributed by atoms with van der Waals surface area (Å²) in [6.45, 7) is 4.62. The van der Waals surface area contributed by atoms with E-state index in [0.717, 1.165) is 11.8 Å². The van der Waals surface area contributed by atoms with Crippen molar-refractivity contribution in [2.45, 2.75) is 51.5 Å². The Morgan fingerprint density at radius 1 is 1.54 bits per heavy atom. The van der Waals surface area contributed by atoms with Gasteiger partial charge in [0.15, 0.2) is 0 Å². The molecule has 0 radical (unpaired) electrons. The summed E-state index contributed by atoms with van der Waals surface area (Å²) in [4.78, 5) is 0. The van der Waals surface area contributed by atoms with E-state index in [9.17, 15) is 0 Å². The Morgan fingerprint density at radius 3 is 2.77 bits per heavy atom. The van der Waals surface area contributed by atoms with Gasteiger partial charge in [-0.1, -0.05) is 55.7 Å². The predicted molar refractivity (Wildman–Crippen MR) is 67.2 cm³/mol. The minimum atomic E-state index is 0.160. The molecule has 2 N–H and O–H groups in total. The molecule has 13 heavy (non-hydrogen) atoms. The van der Waals surface area contributed by atoms with Crippen molar-refractivity contribution in [3.8, 4) is 0 Å². The third-order valence-electron chi connectivity index (χ3n) is 3.61. The highest BCUT2D eigenvalue weighted by Crippen LogP contribution is 2.39. The molecule has 0 aliphatic heterocycles. The van der Waals surface area contributed by atoms with Crippen LogP contribution in [0.3, 0.4) is 0 Å². The summed E-state index contributed by atoms with van der Waals surface area (Å²) >= 11 is 2.51. The van der Waals surface area contributed by atoms with E-state index >= 15 is 0 Å². The van der Waals surface area contributed by atoms with Gasteiger partial charge in [0.1, 0.15) is 0 Å². The average molecular weight is 295 g/mol. The fraction of sp³-hybridized carbons (Fsp3) is 1.00. The van der Waals surface area contributed by atoms with Crippen molar-refractivity contribution in [3.63, 3.8) is 0 Å². The summed E-state index contributed by atoms with van der Waals surface area (Å²) in [6.07, 6.45) is 6.42. The van der Waals surface area contributed by atoms with Crippen LogP contribution in [0.15, 0.2) is 0 Å². The van der Waals surface area contributed by atoms with Gasteiger partial charge in [0.05, 0.1) is 0 Å². The van der Waals surface area contributed by atoms with Crippen LogP contribution in [0.5, 0.6) is 0 Å². The molecule has 0 amide bonds. The van der Waals surface area contributed by atoms with Crippen molar-refractivity contribution in [1.29, 1.82) is 0 Å². The van der Waals surface area contributed by atoms with E-state index in [1.807, 2.05) is 0 Å². The topological polar surface area (TPSA) is 26.0 Å². The molecule has 1 fully saturated rings. The van der Waals surface area contributed by atoms with Gasteiger partial charge in [0, 0.05) is 9.97 Å². The van der Waals surface area contributed by atoms with E-state index in [4.69, 9.17) is 5.73 Å². The minimum absolute atomic E-state index is 0.160. The number of halogens is 1. The summed E-state index contributed by atoms with van der Waals surface area (Å²) < 4.78 is 1.23. The van der Waals surface area contributed by atoms with Crippen molar-refractivity contribution < 1.29 is 0 Å². The van der Waals surface area contributed by atoms with Gasteiger partial charge in [-0.25, -0.2) is 0 Å². The zero-order valence-electron chi connectivity index (χ0n) is 8.85. The molecule has 1 nitrogen and oxygen atoms in total. The molecule has 0 aromatic heterocycles. The molecular weight excluding hydrogens is 273 g/mol. The van der Waals surface area contributed by atoms with E-state index in [0.29, 0.717) is 0 Å². The van der Waals surface area contributed by atoms with Gasteiger partial charge >= 0.3 is 0 Å². The van der Waals surface area contributed by atoms with E-state index in [-0.39, 0.29) is 5.54 Å². The molecule has 1 rings (SSSR count).